The highest BCUT2D eigenvalue weighted by molar-refractivity contribution is 5.94. The van der Waals surface area contributed by atoms with Gasteiger partial charge in [-0.05, 0) is 24.6 Å². The van der Waals surface area contributed by atoms with Crippen molar-refractivity contribution in [3.63, 3.8) is 0 Å². The van der Waals surface area contributed by atoms with Crippen molar-refractivity contribution in [2.45, 2.75) is 19.6 Å². The Labute approximate surface area is 144 Å². The number of Topliss-reactive ketones (excluding diaryl/α,β-unsaturated/α-hetero) is 1. The topological polar surface area (TPSA) is 104 Å². The molecule has 130 valence electrons. The molecular formula is C19H18O6. The zero-order valence-corrected chi connectivity index (χ0v) is 13.5. The zero-order valence-electron chi connectivity index (χ0n) is 13.5. The summed E-state index contributed by atoms with van der Waals surface area (Å²) in [4.78, 5) is 21.9. The number of para-hydroxylation sites is 1. The lowest BCUT2D eigenvalue weighted by Gasteiger charge is -2.14. The lowest BCUT2D eigenvalue weighted by molar-refractivity contribution is -0.135. The summed E-state index contributed by atoms with van der Waals surface area (Å²) in [7, 11) is 0. The highest BCUT2D eigenvalue weighted by atomic mass is 16.5. The molecule has 0 heterocycles. The fraction of sp³-hybridized carbons (Fsp3) is 0.158. The van der Waals surface area contributed by atoms with Crippen molar-refractivity contribution in [3.8, 4) is 5.75 Å². The Kier molecular flexibility index (Phi) is 5.92. The largest absolute Gasteiger partial charge is 0.502 e. The van der Waals surface area contributed by atoms with Gasteiger partial charge in [0.15, 0.2) is 5.78 Å². The van der Waals surface area contributed by atoms with Gasteiger partial charge in [0.1, 0.15) is 18.5 Å². The van der Waals surface area contributed by atoms with Crippen LogP contribution in [0.25, 0.3) is 0 Å². The summed E-state index contributed by atoms with van der Waals surface area (Å²) in [6.07, 6.45) is -0.501. The van der Waals surface area contributed by atoms with Crippen LogP contribution >= 0.6 is 0 Å². The number of ether oxygens (including phenoxy) is 1. The highest BCUT2D eigenvalue weighted by Gasteiger charge is 2.14. The molecule has 2 rings (SSSR count). The Morgan fingerprint density at radius 2 is 1.72 bits per heavy atom. The molecule has 1 atom stereocenters. The molecule has 0 aliphatic carbocycles. The number of aliphatic carboxylic acids is 1. The van der Waals surface area contributed by atoms with Crippen LogP contribution in [0, 0.1) is 0 Å². The van der Waals surface area contributed by atoms with Crippen LogP contribution in [0.4, 0.5) is 0 Å². The number of carbonyl (C=O) groups is 2. The smallest absolute Gasteiger partial charge is 0.370 e. The third-order valence-corrected chi connectivity index (χ3v) is 3.53. The molecule has 3 N–H and O–H groups in total. The van der Waals surface area contributed by atoms with Gasteiger partial charge in [-0.3, -0.25) is 4.79 Å². The van der Waals surface area contributed by atoms with Gasteiger partial charge >= 0.3 is 5.97 Å². The number of carbonyl (C=O) groups excluding carboxylic acids is 1. The summed E-state index contributed by atoms with van der Waals surface area (Å²) in [6.45, 7) is 1.69. The molecule has 0 aliphatic rings. The van der Waals surface area contributed by atoms with Gasteiger partial charge in [-0.2, -0.15) is 0 Å². The summed E-state index contributed by atoms with van der Waals surface area (Å²) in [5, 5.41) is 28.0. The zero-order chi connectivity index (χ0) is 18.4. The highest BCUT2D eigenvalue weighted by Crippen LogP contribution is 2.27. The van der Waals surface area contributed by atoms with Crippen molar-refractivity contribution in [1.29, 1.82) is 0 Å². The number of carboxylic acid groups (broad SMARTS) is 1. The van der Waals surface area contributed by atoms with Crippen molar-refractivity contribution in [2.75, 3.05) is 0 Å². The maximum absolute atomic E-state index is 11.3. The number of benzene rings is 2. The summed E-state index contributed by atoms with van der Waals surface area (Å²) >= 11 is 0. The van der Waals surface area contributed by atoms with Crippen molar-refractivity contribution in [2.24, 2.45) is 0 Å². The molecule has 0 saturated carbocycles. The number of hydrogen-bond acceptors (Lipinski definition) is 5. The van der Waals surface area contributed by atoms with Gasteiger partial charge < -0.3 is 20.1 Å². The molecule has 0 amide bonds. The molecule has 0 fully saturated rings. The van der Waals surface area contributed by atoms with Crippen molar-refractivity contribution < 1.29 is 29.6 Å². The van der Waals surface area contributed by atoms with Gasteiger partial charge in [-0.1, -0.05) is 42.5 Å². The van der Waals surface area contributed by atoms with Crippen LogP contribution in [0.3, 0.4) is 0 Å². The fourth-order valence-electron chi connectivity index (χ4n) is 2.16. The Balaban J connectivity index is 2.14. The first-order chi connectivity index (χ1) is 11.9. The van der Waals surface area contributed by atoms with Crippen LogP contribution in [0.5, 0.6) is 5.75 Å². The first-order valence-electron chi connectivity index (χ1n) is 7.52. The number of hydrogen-bond donors (Lipinski definition) is 3. The molecule has 2 aromatic carbocycles. The summed E-state index contributed by atoms with van der Waals surface area (Å²) in [5.41, 5.74) is 1.77. The average molecular weight is 342 g/mol. The molecular weight excluding hydrogens is 324 g/mol. The average Bonchev–Trinajstić information content (AvgIpc) is 2.60. The van der Waals surface area contributed by atoms with Gasteiger partial charge in [0.25, 0.3) is 0 Å². The van der Waals surface area contributed by atoms with E-state index in [1.54, 1.807) is 48.5 Å². The first kappa shape index (κ1) is 18.2. The van der Waals surface area contributed by atoms with E-state index in [4.69, 9.17) is 9.84 Å². The van der Waals surface area contributed by atoms with E-state index in [-0.39, 0.29) is 12.4 Å². The molecule has 2 aromatic rings. The van der Waals surface area contributed by atoms with E-state index in [0.29, 0.717) is 16.9 Å². The Bertz CT molecular complexity index is 792. The quantitative estimate of drug-likeness (QED) is 0.406. The second-order valence-corrected chi connectivity index (χ2v) is 5.38. The van der Waals surface area contributed by atoms with E-state index in [2.05, 4.69) is 0 Å². The lowest BCUT2D eigenvalue weighted by atomic mass is 10.1. The van der Waals surface area contributed by atoms with Crippen LogP contribution in [0.1, 0.15) is 34.5 Å². The first-order valence-corrected chi connectivity index (χ1v) is 7.52. The van der Waals surface area contributed by atoms with E-state index in [1.807, 2.05) is 0 Å². The molecule has 0 bridgehead atoms. The third kappa shape index (κ3) is 4.92. The molecule has 0 radical (unpaired) electrons. The number of aliphatic hydroxyl groups is 2. The summed E-state index contributed by atoms with van der Waals surface area (Å²) in [6, 6.07) is 13.5. The Morgan fingerprint density at radius 1 is 1.08 bits per heavy atom. The van der Waals surface area contributed by atoms with Crippen molar-refractivity contribution in [3.05, 3.63) is 77.1 Å². The van der Waals surface area contributed by atoms with E-state index in [0.717, 1.165) is 11.6 Å². The second kappa shape index (κ2) is 8.12. The number of rotatable bonds is 7. The second-order valence-electron chi connectivity index (χ2n) is 5.38. The van der Waals surface area contributed by atoms with Crippen LogP contribution in [0.2, 0.25) is 0 Å². The third-order valence-electron chi connectivity index (χ3n) is 3.53. The van der Waals surface area contributed by atoms with Crippen LogP contribution in [-0.2, 0) is 11.4 Å². The van der Waals surface area contributed by atoms with E-state index in [9.17, 15) is 19.8 Å². The fourth-order valence-corrected chi connectivity index (χ4v) is 2.16. The van der Waals surface area contributed by atoms with Crippen LogP contribution < -0.4 is 4.74 Å². The predicted octanol–water partition coefficient (Wildman–Crippen LogP) is 3.03. The molecule has 0 spiro atoms. The van der Waals surface area contributed by atoms with Gasteiger partial charge in [0.2, 0.25) is 5.76 Å². The number of carboxylic acids is 1. The van der Waals surface area contributed by atoms with E-state index in [1.165, 1.54) is 6.92 Å². The van der Waals surface area contributed by atoms with Gasteiger partial charge in [-0.25, -0.2) is 4.79 Å². The van der Waals surface area contributed by atoms with E-state index < -0.39 is 17.8 Å². The maximum Gasteiger partial charge on any atom is 0.370 e. The van der Waals surface area contributed by atoms with Gasteiger partial charge in [0.05, 0.1) is 0 Å². The molecule has 0 saturated heterocycles. The summed E-state index contributed by atoms with van der Waals surface area (Å²) in [5.74, 6) is -2.13. The lowest BCUT2D eigenvalue weighted by Crippen LogP contribution is -2.05. The minimum absolute atomic E-state index is 0.0223. The molecule has 6 nitrogen and oxygen atoms in total. The Morgan fingerprint density at radius 3 is 2.32 bits per heavy atom. The summed E-state index contributed by atoms with van der Waals surface area (Å²) < 4.78 is 5.68. The minimum atomic E-state index is -1.52. The monoisotopic (exact) mass is 342 g/mol. The van der Waals surface area contributed by atoms with Crippen molar-refractivity contribution >= 4 is 11.8 Å². The van der Waals surface area contributed by atoms with Gasteiger partial charge in [-0.15, -0.1) is 0 Å². The standard InChI is InChI=1S/C19H18O6/c1-12(20)14-8-6-13(7-9-14)11-25-18-5-3-2-4-15(18)16(21)10-17(22)19(23)24/h2-10,16,21-22H,11H2,1H3,(H,23,24)/b17-10-. The maximum atomic E-state index is 11.3. The normalized spacial score (nSPS) is 12.5. The Hall–Kier alpha value is -3.12. The SMILES string of the molecule is CC(=O)c1ccc(COc2ccccc2C(O)/C=C(\O)C(=O)O)cc1. The molecule has 1 unspecified atom stereocenters. The number of aliphatic hydroxyl groups excluding tert-OH is 2. The predicted molar refractivity (Wildman–Crippen MR) is 90.5 cm³/mol. The van der Waals surface area contributed by atoms with Crippen LogP contribution in [-0.4, -0.2) is 27.1 Å². The molecule has 25 heavy (non-hydrogen) atoms. The van der Waals surface area contributed by atoms with E-state index >= 15 is 0 Å². The van der Waals surface area contributed by atoms with Gasteiger partial charge in [0, 0.05) is 11.1 Å². The molecule has 6 heteroatoms. The molecule has 0 aromatic heterocycles. The minimum Gasteiger partial charge on any atom is -0.502 e. The molecule has 0 aliphatic heterocycles. The van der Waals surface area contributed by atoms with Crippen LogP contribution in [0.15, 0.2) is 60.4 Å². The van der Waals surface area contributed by atoms with Crippen molar-refractivity contribution in [1.82, 2.24) is 0 Å². The number of ketones is 1.